The summed E-state index contributed by atoms with van der Waals surface area (Å²) >= 11 is 0. The van der Waals surface area contributed by atoms with Gasteiger partial charge in [-0.05, 0) is 31.9 Å². The molecule has 2 heterocycles. The first kappa shape index (κ1) is 19.9. The summed E-state index contributed by atoms with van der Waals surface area (Å²) in [6.45, 7) is 1.54. The van der Waals surface area contributed by atoms with Crippen molar-refractivity contribution in [3.05, 3.63) is 30.4 Å². The van der Waals surface area contributed by atoms with Crippen LogP contribution >= 0.6 is 0 Å². The fourth-order valence-electron chi connectivity index (χ4n) is 3.82. The van der Waals surface area contributed by atoms with Crippen molar-refractivity contribution in [3.63, 3.8) is 0 Å². The van der Waals surface area contributed by atoms with Crippen LogP contribution in [0, 0.1) is 11.8 Å². The summed E-state index contributed by atoms with van der Waals surface area (Å²) in [6, 6.07) is 4.94. The lowest BCUT2D eigenvalue weighted by molar-refractivity contribution is -0.154. The minimum Gasteiger partial charge on any atom is -0.454 e. The fourth-order valence-corrected chi connectivity index (χ4v) is 3.82. The highest BCUT2D eigenvalue weighted by Gasteiger charge is 2.47. The number of ether oxygens (including phenoxy) is 3. The van der Waals surface area contributed by atoms with E-state index in [-0.39, 0.29) is 43.4 Å². The molecule has 158 valence electrons. The molecular weight excluding hydrogens is 392 g/mol. The molecule has 1 aliphatic carbocycles. The number of esters is 1. The topological polar surface area (TPSA) is 111 Å². The van der Waals surface area contributed by atoms with Gasteiger partial charge in [0, 0.05) is 18.3 Å². The molecule has 2 aliphatic heterocycles. The van der Waals surface area contributed by atoms with Crippen LogP contribution in [-0.2, 0) is 23.9 Å². The quantitative estimate of drug-likeness (QED) is 0.428. The van der Waals surface area contributed by atoms with Crippen LogP contribution in [0.4, 0.5) is 5.69 Å². The number of benzene rings is 1. The monoisotopic (exact) mass is 414 g/mol. The lowest BCUT2D eigenvalue weighted by atomic mass is 9.85. The van der Waals surface area contributed by atoms with Crippen LogP contribution in [0.2, 0.25) is 0 Å². The number of allylic oxidation sites excluding steroid dienone is 2. The van der Waals surface area contributed by atoms with E-state index in [0.29, 0.717) is 30.0 Å². The normalized spacial score (nSPS) is 22.6. The molecule has 9 heteroatoms. The number of imide groups is 1. The van der Waals surface area contributed by atoms with Crippen molar-refractivity contribution in [2.75, 3.05) is 18.7 Å². The minimum atomic E-state index is -1.04. The van der Waals surface area contributed by atoms with Gasteiger partial charge < -0.3 is 19.5 Å². The second-order valence-corrected chi connectivity index (χ2v) is 7.42. The molecule has 1 fully saturated rings. The van der Waals surface area contributed by atoms with Crippen molar-refractivity contribution in [2.45, 2.75) is 32.3 Å². The maximum absolute atomic E-state index is 12.4. The van der Waals surface area contributed by atoms with Gasteiger partial charge in [-0.25, -0.2) is 0 Å². The molecule has 3 atom stereocenters. The molecule has 3 amide bonds. The third-order valence-electron chi connectivity index (χ3n) is 5.46. The van der Waals surface area contributed by atoms with E-state index in [2.05, 4.69) is 5.32 Å². The molecule has 0 unspecified atom stereocenters. The van der Waals surface area contributed by atoms with Crippen LogP contribution in [0.15, 0.2) is 30.4 Å². The predicted molar refractivity (Wildman–Crippen MR) is 103 cm³/mol. The van der Waals surface area contributed by atoms with Crippen LogP contribution < -0.4 is 14.8 Å². The van der Waals surface area contributed by atoms with Gasteiger partial charge in [-0.15, -0.1) is 0 Å². The van der Waals surface area contributed by atoms with Crippen molar-refractivity contribution >= 4 is 29.4 Å². The summed E-state index contributed by atoms with van der Waals surface area (Å²) in [4.78, 5) is 50.4. The number of anilines is 1. The molecular formula is C21H22N2O7. The second-order valence-electron chi connectivity index (χ2n) is 7.42. The van der Waals surface area contributed by atoms with Crippen molar-refractivity contribution < 1.29 is 33.4 Å². The van der Waals surface area contributed by atoms with E-state index in [4.69, 9.17) is 14.2 Å². The Kier molecular flexibility index (Phi) is 5.43. The lowest BCUT2D eigenvalue weighted by Gasteiger charge is -2.16. The van der Waals surface area contributed by atoms with E-state index in [9.17, 15) is 19.2 Å². The number of nitrogens with zero attached hydrogens (tertiary/aromatic N) is 1. The number of amides is 3. The Morgan fingerprint density at radius 1 is 1.13 bits per heavy atom. The van der Waals surface area contributed by atoms with E-state index < -0.39 is 18.0 Å². The third kappa shape index (κ3) is 3.87. The van der Waals surface area contributed by atoms with Gasteiger partial charge in [-0.3, -0.25) is 24.1 Å². The molecule has 0 saturated carbocycles. The summed E-state index contributed by atoms with van der Waals surface area (Å²) in [5.74, 6) is -1.19. The van der Waals surface area contributed by atoms with Crippen LogP contribution in [0.3, 0.4) is 0 Å². The first-order valence-corrected chi connectivity index (χ1v) is 9.84. The fraction of sp³-hybridized carbons (Fsp3) is 0.429. The maximum Gasteiger partial charge on any atom is 0.308 e. The highest BCUT2D eigenvalue weighted by atomic mass is 16.7. The Morgan fingerprint density at radius 3 is 2.50 bits per heavy atom. The number of likely N-dealkylation sites (tertiary alicyclic amines) is 1. The van der Waals surface area contributed by atoms with Crippen LogP contribution in [0.5, 0.6) is 11.5 Å². The number of carbonyl (C=O) groups excluding carboxylic acids is 4. The number of rotatable bonds is 6. The molecule has 0 bridgehead atoms. The van der Waals surface area contributed by atoms with Gasteiger partial charge in [0.25, 0.3) is 5.91 Å². The summed E-state index contributed by atoms with van der Waals surface area (Å²) in [5, 5.41) is 2.64. The lowest BCUT2D eigenvalue weighted by Crippen LogP contribution is -2.35. The van der Waals surface area contributed by atoms with Crippen molar-refractivity contribution in [1.29, 1.82) is 0 Å². The van der Waals surface area contributed by atoms with E-state index in [1.54, 1.807) is 18.2 Å². The third-order valence-corrected chi connectivity index (χ3v) is 5.46. The zero-order chi connectivity index (χ0) is 21.3. The molecule has 9 nitrogen and oxygen atoms in total. The molecule has 3 aliphatic rings. The summed E-state index contributed by atoms with van der Waals surface area (Å²) in [7, 11) is 0. The zero-order valence-electron chi connectivity index (χ0n) is 16.5. The van der Waals surface area contributed by atoms with Crippen LogP contribution in [0.25, 0.3) is 0 Å². The van der Waals surface area contributed by atoms with Gasteiger partial charge in [0.2, 0.25) is 18.6 Å². The molecule has 30 heavy (non-hydrogen) atoms. The molecule has 1 N–H and O–H groups in total. The first-order valence-electron chi connectivity index (χ1n) is 9.84. The van der Waals surface area contributed by atoms with Crippen molar-refractivity contribution in [3.8, 4) is 11.5 Å². The largest absolute Gasteiger partial charge is 0.454 e. The maximum atomic E-state index is 12.4. The number of hydrogen-bond acceptors (Lipinski definition) is 7. The van der Waals surface area contributed by atoms with Gasteiger partial charge in [0.15, 0.2) is 17.6 Å². The standard InChI is InChI=1S/C21H22N2O7/c1-12(19(25)22-13-6-7-16-17(10-13)29-11-28-16)30-18(24)8-9-23-20(26)14-4-2-3-5-15(14)21(23)27/h2-3,6-7,10,12,14-15H,4-5,8-9,11H2,1H3,(H,22,25)/t12-,14-,15+/m1/s1. The van der Waals surface area contributed by atoms with Gasteiger partial charge in [-0.2, -0.15) is 0 Å². The Balaban J connectivity index is 1.26. The number of hydrogen-bond donors (Lipinski definition) is 1. The minimum absolute atomic E-state index is 0.0417. The predicted octanol–water partition coefficient (Wildman–Crippen LogP) is 1.63. The first-order chi connectivity index (χ1) is 14.4. The summed E-state index contributed by atoms with van der Waals surface area (Å²) in [6.07, 6.45) is 3.71. The van der Waals surface area contributed by atoms with Crippen molar-refractivity contribution in [1.82, 2.24) is 4.90 Å². The zero-order valence-corrected chi connectivity index (χ0v) is 16.5. The SMILES string of the molecule is C[C@@H](OC(=O)CCN1C(=O)[C@H]2CC=CC[C@H]2C1=O)C(=O)Nc1ccc2c(c1)OCO2. The highest BCUT2D eigenvalue weighted by Crippen LogP contribution is 2.35. The van der Waals surface area contributed by atoms with E-state index in [0.717, 1.165) is 4.90 Å². The average molecular weight is 414 g/mol. The van der Waals surface area contributed by atoms with E-state index >= 15 is 0 Å². The molecule has 0 spiro atoms. The van der Waals surface area contributed by atoms with Gasteiger partial charge in [0.05, 0.1) is 18.3 Å². The Labute approximate surface area is 172 Å². The molecule has 1 aromatic rings. The Morgan fingerprint density at radius 2 is 1.80 bits per heavy atom. The van der Waals surface area contributed by atoms with Gasteiger partial charge in [0.1, 0.15) is 0 Å². The number of fused-ring (bicyclic) bond motifs is 2. The van der Waals surface area contributed by atoms with E-state index in [1.165, 1.54) is 6.92 Å². The molecule has 0 aromatic heterocycles. The summed E-state index contributed by atoms with van der Waals surface area (Å²) < 4.78 is 15.6. The van der Waals surface area contributed by atoms with E-state index in [1.807, 2.05) is 12.2 Å². The molecule has 1 saturated heterocycles. The van der Waals surface area contributed by atoms with Crippen LogP contribution in [0.1, 0.15) is 26.2 Å². The summed E-state index contributed by atoms with van der Waals surface area (Å²) in [5.41, 5.74) is 0.483. The molecule has 1 aromatic carbocycles. The van der Waals surface area contributed by atoms with Gasteiger partial charge in [-0.1, -0.05) is 12.2 Å². The van der Waals surface area contributed by atoms with Crippen molar-refractivity contribution in [2.24, 2.45) is 11.8 Å². The molecule has 4 rings (SSSR count). The highest BCUT2D eigenvalue weighted by molar-refractivity contribution is 6.05. The average Bonchev–Trinajstić information content (AvgIpc) is 3.29. The smallest absolute Gasteiger partial charge is 0.308 e. The van der Waals surface area contributed by atoms with Crippen LogP contribution in [-0.4, -0.2) is 48.0 Å². The second kappa shape index (κ2) is 8.17. The Hall–Kier alpha value is -3.36. The number of nitrogens with one attached hydrogen (secondary N) is 1. The van der Waals surface area contributed by atoms with Gasteiger partial charge >= 0.3 is 5.97 Å². The number of carbonyl (C=O) groups is 4. The Bertz CT molecular complexity index is 900. The molecule has 0 radical (unpaired) electrons.